The summed E-state index contributed by atoms with van der Waals surface area (Å²) in [6.45, 7) is 0.904. The van der Waals surface area contributed by atoms with E-state index in [0.717, 1.165) is 6.54 Å². The fraction of sp³-hybridized carbons (Fsp3) is 0.182. The van der Waals surface area contributed by atoms with Crippen LogP contribution in [0.4, 0.5) is 0 Å². The zero-order chi connectivity index (χ0) is 9.10. The number of rotatable bonds is 2. The fourth-order valence-corrected chi connectivity index (χ4v) is 1.53. The molecule has 1 aromatic carbocycles. The highest BCUT2D eigenvalue weighted by Gasteiger charge is 1.97. The maximum atomic E-state index is 4.09. The first-order valence-corrected chi connectivity index (χ1v) is 4.38. The third kappa shape index (κ3) is 1.53. The van der Waals surface area contributed by atoms with Crippen molar-refractivity contribution in [1.82, 2.24) is 10.3 Å². The van der Waals surface area contributed by atoms with Crippen LogP contribution in [-0.2, 0) is 6.54 Å². The van der Waals surface area contributed by atoms with Crippen LogP contribution in [-0.4, -0.2) is 12.0 Å². The normalized spacial score (nSPS) is 10.5. The van der Waals surface area contributed by atoms with Gasteiger partial charge in [-0.05, 0) is 24.1 Å². The summed E-state index contributed by atoms with van der Waals surface area (Å²) in [7, 11) is 1.96. The van der Waals surface area contributed by atoms with Gasteiger partial charge in [-0.1, -0.05) is 18.2 Å². The number of hydrogen-bond acceptors (Lipinski definition) is 2. The number of aromatic nitrogens is 1. The molecule has 0 spiro atoms. The molecule has 0 amide bonds. The van der Waals surface area contributed by atoms with Gasteiger partial charge in [0.2, 0.25) is 0 Å². The van der Waals surface area contributed by atoms with E-state index < -0.39 is 0 Å². The minimum Gasteiger partial charge on any atom is -0.316 e. The SMILES string of the molecule is CNCc1cccc2cnccc12. The second kappa shape index (κ2) is 3.54. The third-order valence-electron chi connectivity index (χ3n) is 2.14. The van der Waals surface area contributed by atoms with Crippen molar-refractivity contribution in [3.8, 4) is 0 Å². The smallest absolute Gasteiger partial charge is 0.0346 e. The van der Waals surface area contributed by atoms with Crippen molar-refractivity contribution in [2.24, 2.45) is 0 Å². The molecule has 66 valence electrons. The van der Waals surface area contributed by atoms with E-state index >= 15 is 0 Å². The second-order valence-corrected chi connectivity index (χ2v) is 3.04. The lowest BCUT2D eigenvalue weighted by molar-refractivity contribution is 0.823. The summed E-state index contributed by atoms with van der Waals surface area (Å²) in [5, 5.41) is 5.64. The molecule has 0 aliphatic rings. The Morgan fingerprint density at radius 3 is 3.08 bits per heavy atom. The van der Waals surface area contributed by atoms with Gasteiger partial charge in [0.25, 0.3) is 0 Å². The van der Waals surface area contributed by atoms with Gasteiger partial charge < -0.3 is 5.32 Å². The second-order valence-electron chi connectivity index (χ2n) is 3.04. The van der Waals surface area contributed by atoms with Crippen LogP contribution < -0.4 is 5.32 Å². The first-order chi connectivity index (χ1) is 6.42. The van der Waals surface area contributed by atoms with E-state index in [2.05, 4.69) is 34.6 Å². The molecule has 2 aromatic rings. The topological polar surface area (TPSA) is 24.9 Å². The Morgan fingerprint density at radius 1 is 1.31 bits per heavy atom. The fourth-order valence-electron chi connectivity index (χ4n) is 1.53. The highest BCUT2D eigenvalue weighted by Crippen LogP contribution is 2.16. The van der Waals surface area contributed by atoms with Gasteiger partial charge >= 0.3 is 0 Å². The van der Waals surface area contributed by atoms with Gasteiger partial charge in [0.15, 0.2) is 0 Å². The molecule has 0 aliphatic heterocycles. The summed E-state index contributed by atoms with van der Waals surface area (Å²) in [5.41, 5.74) is 1.32. The van der Waals surface area contributed by atoms with Gasteiger partial charge in [0.05, 0.1) is 0 Å². The Hall–Kier alpha value is -1.41. The molecule has 0 saturated heterocycles. The van der Waals surface area contributed by atoms with E-state index in [1.165, 1.54) is 16.3 Å². The summed E-state index contributed by atoms with van der Waals surface area (Å²) in [4.78, 5) is 4.09. The van der Waals surface area contributed by atoms with Crippen molar-refractivity contribution in [1.29, 1.82) is 0 Å². The molecule has 1 heterocycles. The van der Waals surface area contributed by atoms with Crippen molar-refractivity contribution in [3.05, 3.63) is 42.2 Å². The van der Waals surface area contributed by atoms with Crippen molar-refractivity contribution in [3.63, 3.8) is 0 Å². The first kappa shape index (κ1) is 8.20. The molecule has 0 bridgehead atoms. The molecule has 0 saturated carbocycles. The van der Waals surface area contributed by atoms with Gasteiger partial charge in [-0.3, -0.25) is 4.98 Å². The number of nitrogens with zero attached hydrogens (tertiary/aromatic N) is 1. The van der Waals surface area contributed by atoms with Crippen LogP contribution >= 0.6 is 0 Å². The Kier molecular flexibility index (Phi) is 2.23. The van der Waals surface area contributed by atoms with Crippen molar-refractivity contribution in [2.45, 2.75) is 6.54 Å². The number of hydrogen-bond donors (Lipinski definition) is 1. The molecule has 13 heavy (non-hydrogen) atoms. The van der Waals surface area contributed by atoms with E-state index in [1.54, 1.807) is 0 Å². The lowest BCUT2D eigenvalue weighted by atomic mass is 10.1. The average molecular weight is 172 g/mol. The van der Waals surface area contributed by atoms with Crippen molar-refractivity contribution in [2.75, 3.05) is 7.05 Å². The summed E-state index contributed by atoms with van der Waals surface area (Å²) in [5.74, 6) is 0. The van der Waals surface area contributed by atoms with Gasteiger partial charge in [-0.15, -0.1) is 0 Å². The Bertz CT molecular complexity index is 404. The Balaban J connectivity index is 2.61. The van der Waals surface area contributed by atoms with Crippen LogP contribution in [0.15, 0.2) is 36.7 Å². The molecule has 2 heteroatoms. The molecule has 0 atom stereocenters. The molecule has 0 unspecified atom stereocenters. The van der Waals surface area contributed by atoms with E-state index in [1.807, 2.05) is 19.4 Å². The third-order valence-corrected chi connectivity index (χ3v) is 2.14. The quantitative estimate of drug-likeness (QED) is 0.749. The predicted octanol–water partition coefficient (Wildman–Crippen LogP) is 1.95. The van der Waals surface area contributed by atoms with Crippen LogP contribution in [0, 0.1) is 0 Å². The van der Waals surface area contributed by atoms with Crippen molar-refractivity contribution < 1.29 is 0 Å². The molecule has 1 N–H and O–H groups in total. The highest BCUT2D eigenvalue weighted by atomic mass is 14.8. The van der Waals surface area contributed by atoms with Crippen LogP contribution in [0.2, 0.25) is 0 Å². The molecule has 1 aromatic heterocycles. The molecule has 0 aliphatic carbocycles. The number of benzene rings is 1. The van der Waals surface area contributed by atoms with E-state index in [-0.39, 0.29) is 0 Å². The van der Waals surface area contributed by atoms with Gasteiger partial charge in [0, 0.05) is 24.3 Å². The lowest BCUT2D eigenvalue weighted by Crippen LogP contribution is -2.05. The molecular formula is C11H12N2. The van der Waals surface area contributed by atoms with Crippen LogP contribution in [0.3, 0.4) is 0 Å². The van der Waals surface area contributed by atoms with Crippen LogP contribution in [0.25, 0.3) is 10.8 Å². The van der Waals surface area contributed by atoms with E-state index in [0.29, 0.717) is 0 Å². The summed E-state index contributed by atoms with van der Waals surface area (Å²) in [6.07, 6.45) is 3.73. The zero-order valence-electron chi connectivity index (χ0n) is 7.62. The summed E-state index contributed by atoms with van der Waals surface area (Å²) in [6, 6.07) is 8.35. The molecular weight excluding hydrogens is 160 g/mol. The van der Waals surface area contributed by atoms with Gasteiger partial charge in [-0.2, -0.15) is 0 Å². The minimum absolute atomic E-state index is 0.904. The number of fused-ring (bicyclic) bond motifs is 1. The summed E-state index contributed by atoms with van der Waals surface area (Å²) >= 11 is 0. The zero-order valence-corrected chi connectivity index (χ0v) is 7.62. The van der Waals surface area contributed by atoms with Gasteiger partial charge in [0.1, 0.15) is 0 Å². The van der Waals surface area contributed by atoms with E-state index in [9.17, 15) is 0 Å². The Morgan fingerprint density at radius 2 is 2.23 bits per heavy atom. The number of pyridine rings is 1. The van der Waals surface area contributed by atoms with E-state index in [4.69, 9.17) is 0 Å². The molecule has 0 fully saturated rings. The largest absolute Gasteiger partial charge is 0.316 e. The number of nitrogens with one attached hydrogen (secondary N) is 1. The first-order valence-electron chi connectivity index (χ1n) is 4.38. The molecule has 2 rings (SSSR count). The Labute approximate surface area is 77.6 Å². The maximum absolute atomic E-state index is 4.09. The van der Waals surface area contributed by atoms with Gasteiger partial charge in [-0.25, -0.2) is 0 Å². The molecule has 0 radical (unpaired) electrons. The van der Waals surface area contributed by atoms with Crippen LogP contribution in [0.5, 0.6) is 0 Å². The average Bonchev–Trinajstić information content (AvgIpc) is 2.19. The standard InChI is InChI=1S/C11H12N2/c1-12-7-9-3-2-4-10-8-13-6-5-11(9)10/h2-6,8,12H,7H2,1H3. The minimum atomic E-state index is 0.904. The highest BCUT2D eigenvalue weighted by molar-refractivity contribution is 5.84. The predicted molar refractivity (Wildman–Crippen MR) is 54.5 cm³/mol. The molecule has 2 nitrogen and oxygen atoms in total. The van der Waals surface area contributed by atoms with Crippen LogP contribution in [0.1, 0.15) is 5.56 Å². The summed E-state index contributed by atoms with van der Waals surface area (Å²) < 4.78 is 0. The lowest BCUT2D eigenvalue weighted by Gasteiger charge is -2.04. The maximum Gasteiger partial charge on any atom is 0.0346 e. The van der Waals surface area contributed by atoms with Crippen molar-refractivity contribution >= 4 is 10.8 Å². The monoisotopic (exact) mass is 172 g/mol.